The summed E-state index contributed by atoms with van der Waals surface area (Å²) in [5.74, 6) is 0.738. The summed E-state index contributed by atoms with van der Waals surface area (Å²) in [7, 11) is 1.55. The maximum atomic E-state index is 12.4. The molecule has 0 atom stereocenters. The SMILES string of the molecule is COc1cnc(-n2c(CNC(=O)OC(C)(C)C)cc3c(C(N)=O)cccc32)nc1NCc1ccccc1. The molecule has 2 aromatic carbocycles. The number of rotatable bonds is 8. The molecule has 0 aliphatic heterocycles. The molecule has 0 radical (unpaired) electrons. The van der Waals surface area contributed by atoms with Crippen molar-refractivity contribution in [2.75, 3.05) is 12.4 Å². The van der Waals surface area contributed by atoms with Crippen LogP contribution in [0.25, 0.3) is 16.9 Å². The van der Waals surface area contributed by atoms with Crippen molar-refractivity contribution in [3.05, 3.63) is 77.6 Å². The van der Waals surface area contributed by atoms with Gasteiger partial charge in [0, 0.05) is 23.2 Å². The van der Waals surface area contributed by atoms with E-state index < -0.39 is 17.6 Å². The molecule has 4 rings (SSSR count). The van der Waals surface area contributed by atoms with Crippen molar-refractivity contribution in [3.8, 4) is 11.7 Å². The van der Waals surface area contributed by atoms with E-state index in [2.05, 4.69) is 15.6 Å². The van der Waals surface area contributed by atoms with Crippen LogP contribution in [0.15, 0.2) is 60.8 Å². The first kappa shape index (κ1) is 25.5. The Kier molecular flexibility index (Phi) is 7.28. The van der Waals surface area contributed by atoms with Gasteiger partial charge in [-0.15, -0.1) is 0 Å². The number of nitrogens with two attached hydrogens (primary N) is 1. The van der Waals surface area contributed by atoms with Crippen LogP contribution in [0, 0.1) is 0 Å². The predicted molar refractivity (Wildman–Crippen MR) is 141 cm³/mol. The normalized spacial score (nSPS) is 11.2. The van der Waals surface area contributed by atoms with E-state index in [1.807, 2.05) is 36.4 Å². The van der Waals surface area contributed by atoms with Gasteiger partial charge >= 0.3 is 6.09 Å². The first-order valence-corrected chi connectivity index (χ1v) is 11.8. The van der Waals surface area contributed by atoms with E-state index in [4.69, 9.17) is 20.2 Å². The van der Waals surface area contributed by atoms with Gasteiger partial charge in [-0.1, -0.05) is 36.4 Å². The van der Waals surface area contributed by atoms with Gasteiger partial charge in [-0.2, -0.15) is 4.98 Å². The molecule has 10 nitrogen and oxygen atoms in total. The lowest BCUT2D eigenvalue weighted by Crippen LogP contribution is -2.32. The monoisotopic (exact) mass is 502 g/mol. The third-order valence-corrected chi connectivity index (χ3v) is 5.47. The molecular formula is C27H30N6O4. The van der Waals surface area contributed by atoms with E-state index in [0.717, 1.165) is 5.56 Å². The molecule has 0 spiro atoms. The highest BCUT2D eigenvalue weighted by atomic mass is 16.6. The number of primary amides is 1. The molecule has 2 heterocycles. The highest BCUT2D eigenvalue weighted by molar-refractivity contribution is 6.06. The van der Waals surface area contributed by atoms with E-state index in [1.54, 1.807) is 56.8 Å². The Labute approximate surface area is 214 Å². The van der Waals surface area contributed by atoms with Crippen molar-refractivity contribution in [2.24, 2.45) is 5.73 Å². The van der Waals surface area contributed by atoms with Crippen molar-refractivity contribution in [1.82, 2.24) is 19.9 Å². The van der Waals surface area contributed by atoms with Gasteiger partial charge in [0.1, 0.15) is 5.60 Å². The average molecular weight is 503 g/mol. The first-order chi connectivity index (χ1) is 17.7. The molecule has 4 N–H and O–H groups in total. The van der Waals surface area contributed by atoms with Crippen LogP contribution in [0.5, 0.6) is 5.75 Å². The number of nitrogens with one attached hydrogen (secondary N) is 2. The Morgan fingerprint density at radius 1 is 1.05 bits per heavy atom. The van der Waals surface area contributed by atoms with Crippen LogP contribution < -0.4 is 21.1 Å². The summed E-state index contributed by atoms with van der Waals surface area (Å²) in [6, 6.07) is 16.9. The number of benzene rings is 2. The van der Waals surface area contributed by atoms with Crippen LogP contribution in [-0.2, 0) is 17.8 Å². The van der Waals surface area contributed by atoms with Gasteiger partial charge in [0.15, 0.2) is 11.6 Å². The van der Waals surface area contributed by atoms with Gasteiger partial charge in [-0.3, -0.25) is 9.36 Å². The van der Waals surface area contributed by atoms with Crippen LogP contribution in [0.3, 0.4) is 0 Å². The smallest absolute Gasteiger partial charge is 0.407 e. The maximum Gasteiger partial charge on any atom is 0.407 e. The van der Waals surface area contributed by atoms with E-state index in [-0.39, 0.29) is 6.54 Å². The van der Waals surface area contributed by atoms with Crippen molar-refractivity contribution in [2.45, 2.75) is 39.5 Å². The van der Waals surface area contributed by atoms with Gasteiger partial charge in [-0.05, 0) is 44.5 Å². The largest absolute Gasteiger partial charge is 0.491 e. The zero-order valence-corrected chi connectivity index (χ0v) is 21.2. The Hall–Kier alpha value is -4.60. The molecule has 0 bridgehead atoms. The Morgan fingerprint density at radius 3 is 2.49 bits per heavy atom. The zero-order valence-electron chi connectivity index (χ0n) is 21.2. The molecule has 0 unspecified atom stereocenters. The number of amides is 2. The third kappa shape index (κ3) is 5.97. The molecule has 192 valence electrons. The highest BCUT2D eigenvalue weighted by Gasteiger charge is 2.21. The molecule has 0 aliphatic rings. The van der Waals surface area contributed by atoms with Crippen LogP contribution in [0.4, 0.5) is 10.6 Å². The summed E-state index contributed by atoms with van der Waals surface area (Å²) in [5.41, 5.74) is 7.71. The summed E-state index contributed by atoms with van der Waals surface area (Å²) < 4.78 is 12.6. The zero-order chi connectivity index (χ0) is 26.6. The lowest BCUT2D eigenvalue weighted by atomic mass is 10.1. The molecule has 10 heteroatoms. The molecule has 0 fully saturated rings. The van der Waals surface area contributed by atoms with Crippen LogP contribution in [-0.4, -0.2) is 39.2 Å². The quantitative estimate of drug-likeness (QED) is 0.329. The number of hydrogen-bond acceptors (Lipinski definition) is 7. The number of ether oxygens (including phenoxy) is 2. The minimum atomic E-state index is -0.644. The number of alkyl carbamates (subject to hydrolysis) is 1. The van der Waals surface area contributed by atoms with E-state index in [0.29, 0.717) is 46.2 Å². The molecule has 2 aromatic heterocycles. The average Bonchev–Trinajstić information content (AvgIpc) is 3.24. The fraction of sp³-hybridized carbons (Fsp3) is 0.259. The molecule has 4 aromatic rings. The van der Waals surface area contributed by atoms with Crippen molar-refractivity contribution < 1.29 is 19.1 Å². The lowest BCUT2D eigenvalue weighted by molar-refractivity contribution is 0.0522. The summed E-state index contributed by atoms with van der Waals surface area (Å²) in [4.78, 5) is 33.7. The van der Waals surface area contributed by atoms with Gasteiger partial charge in [0.05, 0.1) is 25.4 Å². The second-order valence-corrected chi connectivity index (χ2v) is 9.36. The van der Waals surface area contributed by atoms with Crippen molar-refractivity contribution >= 4 is 28.7 Å². The molecule has 2 amide bonds. The standard InChI is InChI=1S/C27H30N6O4/c1-27(2,3)37-26(35)31-15-18-13-20-19(23(28)34)11-8-12-21(20)33(18)25-30-16-22(36-4)24(32-25)29-14-17-9-6-5-7-10-17/h5-13,16H,14-15H2,1-4H3,(H2,28,34)(H,31,35)(H,29,30,32). The van der Waals surface area contributed by atoms with E-state index in [9.17, 15) is 9.59 Å². The highest BCUT2D eigenvalue weighted by Crippen LogP contribution is 2.29. The minimum absolute atomic E-state index is 0.101. The molecule has 0 aliphatic carbocycles. The fourth-order valence-corrected chi connectivity index (χ4v) is 3.87. The Morgan fingerprint density at radius 2 is 1.81 bits per heavy atom. The first-order valence-electron chi connectivity index (χ1n) is 11.8. The Balaban J connectivity index is 1.75. The lowest BCUT2D eigenvalue weighted by Gasteiger charge is -2.20. The topological polar surface area (TPSA) is 133 Å². The molecular weight excluding hydrogens is 472 g/mol. The summed E-state index contributed by atoms with van der Waals surface area (Å²) >= 11 is 0. The fourth-order valence-electron chi connectivity index (χ4n) is 3.87. The van der Waals surface area contributed by atoms with E-state index in [1.165, 1.54) is 0 Å². The summed E-state index contributed by atoms with van der Waals surface area (Å²) in [5, 5.41) is 6.69. The Bertz CT molecular complexity index is 1430. The van der Waals surface area contributed by atoms with Gasteiger partial charge < -0.3 is 25.8 Å². The van der Waals surface area contributed by atoms with Crippen LogP contribution in [0.2, 0.25) is 0 Å². The number of anilines is 1. The number of carbonyl (C=O) groups is 2. The van der Waals surface area contributed by atoms with Gasteiger partial charge in [0.25, 0.3) is 0 Å². The number of aromatic nitrogens is 3. The molecule has 0 saturated heterocycles. The van der Waals surface area contributed by atoms with E-state index >= 15 is 0 Å². The van der Waals surface area contributed by atoms with Crippen LogP contribution >= 0.6 is 0 Å². The van der Waals surface area contributed by atoms with Crippen molar-refractivity contribution in [1.29, 1.82) is 0 Å². The summed E-state index contributed by atoms with van der Waals surface area (Å²) in [6.07, 6.45) is 1.00. The van der Waals surface area contributed by atoms with Crippen molar-refractivity contribution in [3.63, 3.8) is 0 Å². The van der Waals surface area contributed by atoms with Gasteiger partial charge in [-0.25, -0.2) is 9.78 Å². The predicted octanol–water partition coefficient (Wildman–Crippen LogP) is 4.16. The molecule has 37 heavy (non-hydrogen) atoms. The number of methoxy groups -OCH3 is 1. The number of fused-ring (bicyclic) bond motifs is 1. The summed E-state index contributed by atoms with van der Waals surface area (Å²) in [6.45, 7) is 6.00. The van der Waals surface area contributed by atoms with Gasteiger partial charge in [0.2, 0.25) is 11.9 Å². The number of carbonyl (C=O) groups excluding carboxylic acids is 2. The molecule has 0 saturated carbocycles. The third-order valence-electron chi connectivity index (χ3n) is 5.47. The second-order valence-electron chi connectivity index (χ2n) is 9.36. The maximum absolute atomic E-state index is 12.4. The van der Waals surface area contributed by atoms with Crippen LogP contribution in [0.1, 0.15) is 42.4 Å². The second kappa shape index (κ2) is 10.6. The number of nitrogens with zero attached hydrogens (tertiary/aromatic N) is 3. The number of hydrogen-bond donors (Lipinski definition) is 3. The minimum Gasteiger partial charge on any atom is -0.491 e.